The van der Waals surface area contributed by atoms with Crippen LogP contribution in [0.3, 0.4) is 0 Å². The van der Waals surface area contributed by atoms with Gasteiger partial charge in [-0.1, -0.05) is 11.6 Å². The SMILES string of the molecule is COCC(O)CN(C)c1ccc(Cl)cc1C(=O)O. The van der Waals surface area contributed by atoms with Gasteiger partial charge in [0.15, 0.2) is 0 Å². The molecule has 0 fully saturated rings. The van der Waals surface area contributed by atoms with Crippen molar-refractivity contribution in [2.45, 2.75) is 6.10 Å². The molecule has 1 aromatic rings. The molecule has 1 atom stereocenters. The van der Waals surface area contributed by atoms with Crippen LogP contribution in [0.4, 0.5) is 5.69 Å². The Labute approximate surface area is 111 Å². The first-order chi connectivity index (χ1) is 8.45. The first-order valence-corrected chi connectivity index (χ1v) is 5.74. The van der Waals surface area contributed by atoms with Crippen LogP contribution in [-0.2, 0) is 4.74 Å². The molecule has 1 aromatic carbocycles. The molecule has 0 amide bonds. The van der Waals surface area contributed by atoms with Crippen LogP contribution in [0.2, 0.25) is 5.02 Å². The number of rotatable bonds is 6. The minimum Gasteiger partial charge on any atom is -0.478 e. The maximum Gasteiger partial charge on any atom is 0.337 e. The fraction of sp³-hybridized carbons (Fsp3) is 0.417. The zero-order chi connectivity index (χ0) is 13.7. The summed E-state index contributed by atoms with van der Waals surface area (Å²) in [6.45, 7) is 0.468. The van der Waals surface area contributed by atoms with Gasteiger partial charge in [0, 0.05) is 25.7 Å². The molecular formula is C12H16ClNO4. The lowest BCUT2D eigenvalue weighted by Gasteiger charge is -2.24. The normalized spacial score (nSPS) is 12.2. The van der Waals surface area contributed by atoms with E-state index in [0.717, 1.165) is 0 Å². The first kappa shape index (κ1) is 14.8. The summed E-state index contributed by atoms with van der Waals surface area (Å²) in [7, 11) is 3.20. The summed E-state index contributed by atoms with van der Waals surface area (Å²) in [6, 6.07) is 4.62. The number of aliphatic hydroxyl groups excluding tert-OH is 1. The average molecular weight is 274 g/mol. The number of ether oxygens (including phenoxy) is 1. The summed E-state index contributed by atoms with van der Waals surface area (Å²) < 4.78 is 4.82. The number of aromatic carboxylic acids is 1. The Morgan fingerprint density at radius 2 is 2.22 bits per heavy atom. The van der Waals surface area contributed by atoms with Gasteiger partial charge in [-0.3, -0.25) is 0 Å². The van der Waals surface area contributed by atoms with E-state index in [1.807, 2.05) is 0 Å². The second kappa shape index (κ2) is 6.58. The highest BCUT2D eigenvalue weighted by Crippen LogP contribution is 2.23. The Balaban J connectivity index is 2.91. The molecule has 0 aromatic heterocycles. The number of hydrogen-bond donors (Lipinski definition) is 2. The molecule has 0 radical (unpaired) electrons. The number of carboxylic acid groups (broad SMARTS) is 1. The lowest BCUT2D eigenvalue weighted by molar-refractivity contribution is 0.0680. The molecule has 1 rings (SSSR count). The molecule has 18 heavy (non-hydrogen) atoms. The van der Waals surface area contributed by atoms with Crippen LogP contribution in [-0.4, -0.2) is 49.6 Å². The van der Waals surface area contributed by atoms with Gasteiger partial charge >= 0.3 is 5.97 Å². The van der Waals surface area contributed by atoms with Crippen LogP contribution in [0.5, 0.6) is 0 Å². The van der Waals surface area contributed by atoms with E-state index in [1.165, 1.54) is 13.2 Å². The number of nitrogens with zero attached hydrogens (tertiary/aromatic N) is 1. The topological polar surface area (TPSA) is 70.0 Å². The molecule has 0 saturated heterocycles. The fourth-order valence-corrected chi connectivity index (χ4v) is 1.84. The highest BCUT2D eigenvalue weighted by molar-refractivity contribution is 6.31. The molecule has 5 nitrogen and oxygen atoms in total. The van der Waals surface area contributed by atoms with Gasteiger partial charge < -0.3 is 19.8 Å². The van der Waals surface area contributed by atoms with E-state index in [-0.39, 0.29) is 18.7 Å². The molecule has 0 spiro atoms. The number of halogens is 1. The summed E-state index contributed by atoms with van der Waals surface area (Å²) in [5.74, 6) is -1.06. The molecule has 100 valence electrons. The number of methoxy groups -OCH3 is 1. The Morgan fingerprint density at radius 1 is 1.56 bits per heavy atom. The van der Waals surface area contributed by atoms with E-state index in [0.29, 0.717) is 10.7 Å². The highest BCUT2D eigenvalue weighted by atomic mass is 35.5. The van der Waals surface area contributed by atoms with E-state index in [9.17, 15) is 9.90 Å². The third-order valence-electron chi connectivity index (χ3n) is 2.44. The number of carboxylic acids is 1. The molecule has 0 aliphatic heterocycles. The molecule has 0 aliphatic rings. The van der Waals surface area contributed by atoms with Crippen molar-refractivity contribution in [1.82, 2.24) is 0 Å². The summed E-state index contributed by atoms with van der Waals surface area (Å²) in [4.78, 5) is 12.8. The largest absolute Gasteiger partial charge is 0.478 e. The number of hydrogen-bond acceptors (Lipinski definition) is 4. The van der Waals surface area contributed by atoms with Crippen LogP contribution in [0.25, 0.3) is 0 Å². The van der Waals surface area contributed by atoms with E-state index in [1.54, 1.807) is 24.1 Å². The van der Waals surface area contributed by atoms with Gasteiger partial charge in [0.2, 0.25) is 0 Å². The number of likely N-dealkylation sites (N-methyl/N-ethyl adjacent to an activating group) is 1. The van der Waals surface area contributed by atoms with Crippen LogP contribution in [0.15, 0.2) is 18.2 Å². The van der Waals surface area contributed by atoms with Crippen LogP contribution >= 0.6 is 11.6 Å². The Kier molecular flexibility index (Phi) is 5.40. The molecule has 0 saturated carbocycles. The van der Waals surface area contributed by atoms with Gasteiger partial charge in [-0.05, 0) is 18.2 Å². The van der Waals surface area contributed by atoms with Crippen LogP contribution < -0.4 is 4.90 Å². The lowest BCUT2D eigenvalue weighted by Crippen LogP contribution is -2.32. The van der Waals surface area contributed by atoms with Crippen molar-refractivity contribution in [1.29, 1.82) is 0 Å². The van der Waals surface area contributed by atoms with Gasteiger partial charge in [0.05, 0.1) is 24.0 Å². The summed E-state index contributed by atoms with van der Waals surface area (Å²) >= 11 is 5.77. The van der Waals surface area contributed by atoms with Crippen molar-refractivity contribution in [2.24, 2.45) is 0 Å². The first-order valence-electron chi connectivity index (χ1n) is 5.36. The van der Waals surface area contributed by atoms with Gasteiger partial charge in [-0.15, -0.1) is 0 Å². The summed E-state index contributed by atoms with van der Waals surface area (Å²) in [5.41, 5.74) is 0.608. The fourth-order valence-electron chi connectivity index (χ4n) is 1.67. The summed E-state index contributed by atoms with van der Waals surface area (Å²) in [6.07, 6.45) is -0.683. The zero-order valence-corrected chi connectivity index (χ0v) is 11.0. The second-order valence-electron chi connectivity index (χ2n) is 3.96. The Morgan fingerprint density at radius 3 is 2.78 bits per heavy atom. The predicted molar refractivity (Wildman–Crippen MR) is 69.6 cm³/mol. The average Bonchev–Trinajstić information content (AvgIpc) is 2.28. The molecule has 0 aliphatic carbocycles. The molecule has 2 N–H and O–H groups in total. The minimum absolute atomic E-state index is 0.106. The van der Waals surface area contributed by atoms with E-state index in [2.05, 4.69) is 0 Å². The molecule has 0 bridgehead atoms. The maximum atomic E-state index is 11.1. The van der Waals surface area contributed by atoms with E-state index in [4.69, 9.17) is 21.4 Å². The minimum atomic E-state index is -1.06. The van der Waals surface area contributed by atoms with Crippen molar-refractivity contribution >= 4 is 23.3 Å². The third kappa shape index (κ3) is 3.87. The quantitative estimate of drug-likeness (QED) is 0.822. The monoisotopic (exact) mass is 273 g/mol. The van der Waals surface area contributed by atoms with Crippen molar-refractivity contribution in [3.8, 4) is 0 Å². The molecule has 0 heterocycles. The van der Waals surface area contributed by atoms with E-state index < -0.39 is 12.1 Å². The molecule has 1 unspecified atom stereocenters. The predicted octanol–water partition coefficient (Wildman–Crippen LogP) is 1.48. The summed E-state index contributed by atoms with van der Waals surface area (Å²) in [5, 5.41) is 19.1. The number of anilines is 1. The highest BCUT2D eigenvalue weighted by Gasteiger charge is 2.16. The zero-order valence-electron chi connectivity index (χ0n) is 10.3. The Hall–Kier alpha value is -1.30. The number of carbonyl (C=O) groups is 1. The van der Waals surface area contributed by atoms with E-state index >= 15 is 0 Å². The number of aliphatic hydroxyl groups is 1. The van der Waals surface area contributed by atoms with Crippen molar-refractivity contribution in [3.63, 3.8) is 0 Å². The van der Waals surface area contributed by atoms with Crippen LogP contribution in [0.1, 0.15) is 10.4 Å². The van der Waals surface area contributed by atoms with Gasteiger partial charge in [0.1, 0.15) is 0 Å². The maximum absolute atomic E-state index is 11.1. The van der Waals surface area contributed by atoms with Crippen LogP contribution in [0, 0.1) is 0 Å². The van der Waals surface area contributed by atoms with Gasteiger partial charge in [-0.2, -0.15) is 0 Å². The standard InChI is InChI=1S/C12H16ClNO4/c1-14(6-9(15)7-18-2)11-4-3-8(13)5-10(11)12(16)17/h3-5,9,15H,6-7H2,1-2H3,(H,16,17). The van der Waals surface area contributed by atoms with Gasteiger partial charge in [-0.25, -0.2) is 4.79 Å². The smallest absolute Gasteiger partial charge is 0.337 e. The molecule has 6 heteroatoms. The van der Waals surface area contributed by atoms with Crippen molar-refractivity contribution in [2.75, 3.05) is 32.2 Å². The lowest BCUT2D eigenvalue weighted by atomic mass is 10.1. The third-order valence-corrected chi connectivity index (χ3v) is 2.68. The Bertz CT molecular complexity index is 425. The van der Waals surface area contributed by atoms with Crippen molar-refractivity contribution < 1.29 is 19.7 Å². The second-order valence-corrected chi connectivity index (χ2v) is 4.39. The van der Waals surface area contributed by atoms with Crippen molar-refractivity contribution in [3.05, 3.63) is 28.8 Å². The van der Waals surface area contributed by atoms with Gasteiger partial charge in [0.25, 0.3) is 0 Å². The molecular weight excluding hydrogens is 258 g/mol. The number of benzene rings is 1.